The van der Waals surface area contributed by atoms with Crippen LogP contribution in [0.2, 0.25) is 0 Å². The summed E-state index contributed by atoms with van der Waals surface area (Å²) in [6.07, 6.45) is -1.26. The van der Waals surface area contributed by atoms with E-state index >= 15 is 0 Å². The van der Waals surface area contributed by atoms with Crippen LogP contribution in [0.5, 0.6) is 0 Å². The van der Waals surface area contributed by atoms with Crippen LogP contribution in [0.25, 0.3) is 11.4 Å². The van der Waals surface area contributed by atoms with Crippen LogP contribution < -0.4 is 0 Å². The molecule has 6 heteroatoms. The van der Waals surface area contributed by atoms with Gasteiger partial charge in [-0.25, -0.2) is 14.4 Å². The average Bonchev–Trinajstić information content (AvgIpc) is 2.52. The van der Waals surface area contributed by atoms with Crippen LogP contribution in [0.15, 0.2) is 30.3 Å². The number of unbranched alkanes of at least 4 members (excludes halogenated alkanes) is 3. The fourth-order valence-electron chi connectivity index (χ4n) is 2.28. The van der Waals surface area contributed by atoms with Gasteiger partial charge in [-0.1, -0.05) is 56.5 Å². The van der Waals surface area contributed by atoms with E-state index in [1.54, 1.807) is 30.3 Å². The summed E-state index contributed by atoms with van der Waals surface area (Å²) in [5, 5.41) is 0. The van der Waals surface area contributed by atoms with E-state index in [4.69, 9.17) is 0 Å². The van der Waals surface area contributed by atoms with Crippen molar-refractivity contribution in [2.24, 2.45) is 0 Å². The minimum absolute atomic E-state index is 0.0928. The number of aryl methyl sites for hydroxylation is 1. The fraction of sp³-hybridized carbons (Fsp3) is 0.412. The highest BCUT2D eigenvalue weighted by Gasteiger charge is 2.38. The summed E-state index contributed by atoms with van der Waals surface area (Å²) >= 11 is 0. The number of halogens is 4. The summed E-state index contributed by atoms with van der Waals surface area (Å²) in [6, 6.07) is 8.30. The van der Waals surface area contributed by atoms with Gasteiger partial charge in [-0.05, 0) is 12.8 Å². The largest absolute Gasteiger partial charge is 0.436 e. The Morgan fingerprint density at radius 1 is 0.957 bits per heavy atom. The Hall–Kier alpha value is -1.98. The Morgan fingerprint density at radius 2 is 1.65 bits per heavy atom. The second-order valence-electron chi connectivity index (χ2n) is 5.33. The lowest BCUT2D eigenvalue weighted by molar-refractivity contribution is -0.143. The number of hydrogen-bond donors (Lipinski definition) is 0. The van der Waals surface area contributed by atoms with Gasteiger partial charge in [-0.2, -0.15) is 13.2 Å². The lowest BCUT2D eigenvalue weighted by Gasteiger charge is -2.12. The van der Waals surface area contributed by atoms with Gasteiger partial charge in [0, 0.05) is 5.56 Å². The van der Waals surface area contributed by atoms with E-state index in [-0.39, 0.29) is 17.9 Å². The summed E-state index contributed by atoms with van der Waals surface area (Å²) in [4.78, 5) is 7.44. The molecule has 1 aromatic carbocycles. The topological polar surface area (TPSA) is 25.8 Å². The predicted molar refractivity (Wildman–Crippen MR) is 80.3 cm³/mol. The molecule has 2 rings (SSSR count). The third-order valence-electron chi connectivity index (χ3n) is 3.49. The summed E-state index contributed by atoms with van der Waals surface area (Å²) < 4.78 is 53.2. The van der Waals surface area contributed by atoms with Crippen molar-refractivity contribution in [1.82, 2.24) is 9.97 Å². The maximum Gasteiger partial charge on any atom is 0.436 e. The quantitative estimate of drug-likeness (QED) is 0.523. The first-order valence-corrected chi connectivity index (χ1v) is 7.62. The van der Waals surface area contributed by atoms with Crippen molar-refractivity contribution in [3.05, 3.63) is 47.5 Å². The molecule has 0 saturated heterocycles. The van der Waals surface area contributed by atoms with Gasteiger partial charge in [0.25, 0.3) is 0 Å². The Bertz CT molecular complexity index is 639. The zero-order valence-corrected chi connectivity index (χ0v) is 12.8. The molecular formula is C17H18F4N2. The van der Waals surface area contributed by atoms with Crippen molar-refractivity contribution in [2.75, 3.05) is 0 Å². The van der Waals surface area contributed by atoms with Crippen LogP contribution in [0, 0.1) is 5.82 Å². The van der Waals surface area contributed by atoms with Crippen LogP contribution in [-0.2, 0) is 12.6 Å². The van der Waals surface area contributed by atoms with Gasteiger partial charge >= 0.3 is 6.18 Å². The maximum atomic E-state index is 14.1. The van der Waals surface area contributed by atoms with E-state index in [2.05, 4.69) is 9.97 Å². The number of rotatable bonds is 6. The third-order valence-corrected chi connectivity index (χ3v) is 3.49. The maximum absolute atomic E-state index is 14.1. The molecule has 0 aliphatic carbocycles. The number of benzene rings is 1. The van der Waals surface area contributed by atoms with Gasteiger partial charge in [0.05, 0.1) is 5.69 Å². The summed E-state index contributed by atoms with van der Waals surface area (Å²) in [6.45, 7) is 2.03. The molecule has 0 bridgehead atoms. The first kappa shape index (κ1) is 17.4. The first-order valence-electron chi connectivity index (χ1n) is 7.62. The zero-order chi connectivity index (χ0) is 16.9. The molecule has 0 spiro atoms. The average molecular weight is 326 g/mol. The van der Waals surface area contributed by atoms with Crippen molar-refractivity contribution in [3.8, 4) is 11.4 Å². The molecule has 23 heavy (non-hydrogen) atoms. The van der Waals surface area contributed by atoms with Crippen molar-refractivity contribution in [3.63, 3.8) is 0 Å². The minimum Gasteiger partial charge on any atom is -0.230 e. The fourth-order valence-corrected chi connectivity index (χ4v) is 2.28. The van der Waals surface area contributed by atoms with Gasteiger partial charge in [0.15, 0.2) is 17.3 Å². The molecule has 2 nitrogen and oxygen atoms in total. The lowest BCUT2D eigenvalue weighted by atomic mass is 10.1. The first-order chi connectivity index (χ1) is 10.9. The monoisotopic (exact) mass is 326 g/mol. The van der Waals surface area contributed by atoms with Crippen LogP contribution >= 0.6 is 0 Å². The third kappa shape index (κ3) is 4.50. The molecule has 0 N–H and O–H groups in total. The van der Waals surface area contributed by atoms with Gasteiger partial charge < -0.3 is 0 Å². The number of nitrogens with zero attached hydrogens (tertiary/aromatic N) is 2. The molecule has 0 aliphatic heterocycles. The summed E-state index contributed by atoms with van der Waals surface area (Å²) in [5.74, 6) is -1.45. The molecule has 1 aromatic heterocycles. The van der Waals surface area contributed by atoms with E-state index in [0.29, 0.717) is 12.0 Å². The Balaban J connectivity index is 2.40. The van der Waals surface area contributed by atoms with E-state index in [9.17, 15) is 17.6 Å². The van der Waals surface area contributed by atoms with Crippen molar-refractivity contribution < 1.29 is 17.6 Å². The highest BCUT2D eigenvalue weighted by Crippen LogP contribution is 2.32. The van der Waals surface area contributed by atoms with Crippen LogP contribution in [-0.4, -0.2) is 9.97 Å². The van der Waals surface area contributed by atoms with Crippen molar-refractivity contribution in [1.29, 1.82) is 0 Å². The molecule has 124 valence electrons. The molecule has 0 radical (unpaired) electrons. The van der Waals surface area contributed by atoms with E-state index < -0.39 is 17.7 Å². The Labute approximate surface area is 132 Å². The molecule has 0 unspecified atom stereocenters. The lowest BCUT2D eigenvalue weighted by Crippen LogP contribution is -2.15. The smallest absolute Gasteiger partial charge is 0.230 e. The van der Waals surface area contributed by atoms with Crippen LogP contribution in [0.1, 0.15) is 44.0 Å². The molecule has 0 aliphatic rings. The molecule has 0 saturated carbocycles. The Morgan fingerprint density at radius 3 is 2.26 bits per heavy atom. The molecule has 2 aromatic rings. The Kier molecular flexibility index (Phi) is 5.69. The number of aromatic nitrogens is 2. The number of hydrogen-bond acceptors (Lipinski definition) is 2. The second-order valence-corrected chi connectivity index (χ2v) is 5.33. The van der Waals surface area contributed by atoms with Crippen molar-refractivity contribution in [2.45, 2.75) is 45.2 Å². The van der Waals surface area contributed by atoms with Crippen molar-refractivity contribution >= 4 is 0 Å². The van der Waals surface area contributed by atoms with E-state index in [1.807, 2.05) is 6.92 Å². The normalized spacial score (nSPS) is 11.7. The van der Waals surface area contributed by atoms with Gasteiger partial charge in [-0.15, -0.1) is 0 Å². The van der Waals surface area contributed by atoms with Crippen LogP contribution in [0.4, 0.5) is 17.6 Å². The predicted octanol–water partition coefficient (Wildman–Crippen LogP) is 5.42. The second kappa shape index (κ2) is 7.53. The van der Waals surface area contributed by atoms with E-state index in [1.165, 1.54) is 0 Å². The van der Waals surface area contributed by atoms with Gasteiger partial charge in [0.2, 0.25) is 0 Å². The molecular weight excluding hydrogens is 308 g/mol. The zero-order valence-electron chi connectivity index (χ0n) is 12.8. The highest BCUT2D eigenvalue weighted by atomic mass is 19.4. The van der Waals surface area contributed by atoms with Crippen LogP contribution in [0.3, 0.4) is 0 Å². The van der Waals surface area contributed by atoms with Gasteiger partial charge in [0.1, 0.15) is 0 Å². The highest BCUT2D eigenvalue weighted by molar-refractivity contribution is 5.55. The molecule has 1 heterocycles. The SMILES string of the molecule is CCCCCCc1nc(-c2ccccc2)nc(C(F)(F)F)c1F. The standard InChI is InChI=1S/C17H18F4N2/c1-2-3-4-8-11-13-14(18)15(17(19,20)21)23-16(22-13)12-9-6-5-7-10-12/h5-7,9-10H,2-4,8,11H2,1H3. The van der Waals surface area contributed by atoms with E-state index in [0.717, 1.165) is 19.3 Å². The molecule has 0 fully saturated rings. The minimum atomic E-state index is -4.84. The summed E-state index contributed by atoms with van der Waals surface area (Å²) in [5.41, 5.74) is -1.22. The van der Waals surface area contributed by atoms with Gasteiger partial charge in [-0.3, -0.25) is 0 Å². The summed E-state index contributed by atoms with van der Waals surface area (Å²) in [7, 11) is 0. The molecule has 0 amide bonds. The molecule has 0 atom stereocenters. The number of alkyl halides is 3.